The molecule has 27 heavy (non-hydrogen) atoms. The molecule has 1 fully saturated rings. The Labute approximate surface area is 158 Å². The average molecular weight is 370 g/mol. The summed E-state index contributed by atoms with van der Waals surface area (Å²) in [5.41, 5.74) is 2.01. The maximum atomic E-state index is 13.7. The number of carbonyl (C=O) groups is 2. The Kier molecular flexibility index (Phi) is 5.51. The second kappa shape index (κ2) is 7.84. The van der Waals surface area contributed by atoms with Gasteiger partial charge < -0.3 is 15.1 Å². The zero-order valence-corrected chi connectivity index (χ0v) is 15.7. The zero-order chi connectivity index (χ0) is 19.6. The van der Waals surface area contributed by atoms with Gasteiger partial charge in [-0.3, -0.25) is 9.59 Å². The molecular formula is C20H23FN4O2. The first-order valence-electron chi connectivity index (χ1n) is 8.85. The van der Waals surface area contributed by atoms with Gasteiger partial charge in [0.2, 0.25) is 0 Å². The molecule has 2 heterocycles. The fourth-order valence-electron chi connectivity index (χ4n) is 3.25. The number of benzene rings is 1. The van der Waals surface area contributed by atoms with E-state index in [1.165, 1.54) is 17.0 Å². The predicted molar refractivity (Wildman–Crippen MR) is 100 cm³/mol. The lowest BCUT2D eigenvalue weighted by Gasteiger charge is -2.37. The van der Waals surface area contributed by atoms with Crippen LogP contribution in [0.4, 0.5) is 4.39 Å². The summed E-state index contributed by atoms with van der Waals surface area (Å²) in [6, 6.07) is 9.28. The van der Waals surface area contributed by atoms with E-state index in [-0.39, 0.29) is 23.7 Å². The highest BCUT2D eigenvalue weighted by molar-refractivity contribution is 5.97. The van der Waals surface area contributed by atoms with Crippen molar-refractivity contribution in [2.24, 2.45) is 0 Å². The molecule has 3 rings (SSSR count). The van der Waals surface area contributed by atoms with E-state index in [4.69, 9.17) is 0 Å². The molecule has 142 valence electrons. The van der Waals surface area contributed by atoms with Gasteiger partial charge in [-0.25, -0.2) is 9.37 Å². The summed E-state index contributed by atoms with van der Waals surface area (Å²) < 4.78 is 13.7. The van der Waals surface area contributed by atoms with Gasteiger partial charge in [0, 0.05) is 33.7 Å². The third kappa shape index (κ3) is 3.98. The molecule has 1 saturated heterocycles. The molecule has 2 aromatic rings. The van der Waals surface area contributed by atoms with E-state index in [0.29, 0.717) is 36.6 Å². The van der Waals surface area contributed by atoms with Crippen LogP contribution in [0.1, 0.15) is 38.1 Å². The summed E-state index contributed by atoms with van der Waals surface area (Å²) in [5, 5.41) is 3.26. The Morgan fingerprint density at radius 3 is 2.70 bits per heavy atom. The van der Waals surface area contributed by atoms with Crippen molar-refractivity contribution in [3.8, 4) is 0 Å². The maximum absolute atomic E-state index is 13.7. The van der Waals surface area contributed by atoms with Crippen LogP contribution in [0.25, 0.3) is 0 Å². The van der Waals surface area contributed by atoms with Crippen LogP contribution in [0.5, 0.6) is 0 Å². The molecule has 7 heteroatoms. The van der Waals surface area contributed by atoms with Gasteiger partial charge in [0.05, 0.1) is 17.3 Å². The smallest absolute Gasteiger partial charge is 0.271 e. The quantitative estimate of drug-likeness (QED) is 0.898. The lowest BCUT2D eigenvalue weighted by molar-refractivity contribution is 0.0631. The van der Waals surface area contributed by atoms with E-state index in [1.54, 1.807) is 44.1 Å². The van der Waals surface area contributed by atoms with Gasteiger partial charge in [-0.2, -0.15) is 0 Å². The van der Waals surface area contributed by atoms with Crippen LogP contribution < -0.4 is 5.32 Å². The van der Waals surface area contributed by atoms with Gasteiger partial charge >= 0.3 is 0 Å². The van der Waals surface area contributed by atoms with E-state index >= 15 is 0 Å². The van der Waals surface area contributed by atoms with E-state index < -0.39 is 0 Å². The van der Waals surface area contributed by atoms with Crippen molar-refractivity contribution in [3.05, 3.63) is 64.7 Å². The molecule has 1 atom stereocenters. The normalized spacial score (nSPS) is 16.9. The highest BCUT2D eigenvalue weighted by Gasteiger charge is 2.30. The van der Waals surface area contributed by atoms with E-state index in [0.717, 1.165) is 5.56 Å². The van der Waals surface area contributed by atoms with Crippen LogP contribution >= 0.6 is 0 Å². The molecule has 0 radical (unpaired) electrons. The fourth-order valence-corrected chi connectivity index (χ4v) is 3.25. The highest BCUT2D eigenvalue weighted by atomic mass is 19.1. The Hall–Kier alpha value is -2.80. The van der Waals surface area contributed by atoms with Gasteiger partial charge in [-0.1, -0.05) is 12.1 Å². The molecule has 2 amide bonds. The van der Waals surface area contributed by atoms with Crippen LogP contribution in [0.2, 0.25) is 0 Å². The first-order chi connectivity index (χ1) is 12.9. The standard InChI is InChI=1S/C20H23FN4O2/c1-13-16(7-8-17(23-13)20(27)24(2)3)19(26)25-10-9-22-12-18(25)14-5-4-6-15(21)11-14/h4-8,11,18,22H,9-10,12H2,1-3H3. The topological polar surface area (TPSA) is 65.5 Å². The number of piperazine rings is 1. The number of hydrogen-bond donors (Lipinski definition) is 1. The number of nitrogens with one attached hydrogen (secondary N) is 1. The first-order valence-corrected chi connectivity index (χ1v) is 8.85. The lowest BCUT2D eigenvalue weighted by Crippen LogP contribution is -2.48. The predicted octanol–water partition coefficient (Wildman–Crippen LogP) is 2.02. The number of aryl methyl sites for hydroxylation is 1. The van der Waals surface area contributed by atoms with Crippen LogP contribution in [0.15, 0.2) is 36.4 Å². The lowest BCUT2D eigenvalue weighted by atomic mass is 10.0. The number of nitrogens with zero attached hydrogens (tertiary/aromatic N) is 3. The van der Waals surface area contributed by atoms with Crippen molar-refractivity contribution in [1.82, 2.24) is 20.1 Å². The summed E-state index contributed by atoms with van der Waals surface area (Å²) >= 11 is 0. The number of halogens is 1. The Morgan fingerprint density at radius 1 is 1.26 bits per heavy atom. The molecule has 1 unspecified atom stereocenters. The van der Waals surface area contributed by atoms with Crippen molar-refractivity contribution in [3.63, 3.8) is 0 Å². The molecule has 1 aromatic carbocycles. The Morgan fingerprint density at radius 2 is 2.04 bits per heavy atom. The minimum Gasteiger partial charge on any atom is -0.343 e. The summed E-state index contributed by atoms with van der Waals surface area (Å²) in [7, 11) is 3.31. The summed E-state index contributed by atoms with van der Waals surface area (Å²) in [4.78, 5) is 32.7. The molecule has 6 nitrogen and oxygen atoms in total. The minimum atomic E-state index is -0.324. The molecule has 1 aliphatic heterocycles. The SMILES string of the molecule is Cc1nc(C(=O)N(C)C)ccc1C(=O)N1CCNCC1c1cccc(F)c1. The van der Waals surface area contributed by atoms with Crippen LogP contribution in [-0.2, 0) is 0 Å². The van der Waals surface area contributed by atoms with Gasteiger partial charge in [0.25, 0.3) is 11.8 Å². The molecule has 0 spiro atoms. The summed E-state index contributed by atoms with van der Waals surface area (Å²) in [6.45, 7) is 3.46. The monoisotopic (exact) mass is 370 g/mol. The molecule has 1 N–H and O–H groups in total. The van der Waals surface area contributed by atoms with Crippen LogP contribution in [-0.4, -0.2) is 60.3 Å². The fraction of sp³-hybridized carbons (Fsp3) is 0.350. The molecule has 0 saturated carbocycles. The first kappa shape index (κ1) is 19.0. The van der Waals surface area contributed by atoms with Gasteiger partial charge in [0.1, 0.15) is 11.5 Å². The Balaban J connectivity index is 1.90. The number of aromatic nitrogens is 1. The number of carbonyl (C=O) groups excluding carboxylic acids is 2. The molecule has 1 aliphatic rings. The van der Waals surface area contributed by atoms with Crippen molar-refractivity contribution in [2.75, 3.05) is 33.7 Å². The van der Waals surface area contributed by atoms with E-state index in [9.17, 15) is 14.0 Å². The largest absolute Gasteiger partial charge is 0.343 e. The van der Waals surface area contributed by atoms with Crippen molar-refractivity contribution in [1.29, 1.82) is 0 Å². The zero-order valence-electron chi connectivity index (χ0n) is 15.7. The molecule has 0 aliphatic carbocycles. The van der Waals surface area contributed by atoms with E-state index in [2.05, 4.69) is 10.3 Å². The molecule has 0 bridgehead atoms. The maximum Gasteiger partial charge on any atom is 0.271 e. The Bertz CT molecular complexity index is 869. The third-order valence-corrected chi connectivity index (χ3v) is 4.68. The van der Waals surface area contributed by atoms with E-state index in [1.807, 2.05) is 6.07 Å². The van der Waals surface area contributed by atoms with Gasteiger partial charge in [-0.05, 0) is 36.8 Å². The number of hydrogen-bond acceptors (Lipinski definition) is 4. The van der Waals surface area contributed by atoms with Crippen LogP contribution in [0, 0.1) is 12.7 Å². The molecule has 1 aromatic heterocycles. The average Bonchev–Trinajstić information content (AvgIpc) is 2.66. The number of rotatable bonds is 3. The van der Waals surface area contributed by atoms with Crippen molar-refractivity contribution >= 4 is 11.8 Å². The summed E-state index contributed by atoms with van der Waals surface area (Å²) in [6.07, 6.45) is 0. The third-order valence-electron chi connectivity index (χ3n) is 4.68. The highest BCUT2D eigenvalue weighted by Crippen LogP contribution is 2.25. The van der Waals surface area contributed by atoms with Crippen LogP contribution in [0.3, 0.4) is 0 Å². The van der Waals surface area contributed by atoms with Gasteiger partial charge in [0.15, 0.2) is 0 Å². The van der Waals surface area contributed by atoms with Crippen molar-refractivity contribution in [2.45, 2.75) is 13.0 Å². The summed E-state index contributed by atoms with van der Waals surface area (Å²) in [5.74, 6) is -0.702. The van der Waals surface area contributed by atoms with Gasteiger partial charge in [-0.15, -0.1) is 0 Å². The minimum absolute atomic E-state index is 0.167. The second-order valence-electron chi connectivity index (χ2n) is 6.80. The number of pyridine rings is 1. The number of amides is 2. The second-order valence-corrected chi connectivity index (χ2v) is 6.80. The molecular weight excluding hydrogens is 347 g/mol. The van der Waals surface area contributed by atoms with Crippen molar-refractivity contribution < 1.29 is 14.0 Å².